The minimum Gasteiger partial charge on any atom is -0.508 e. The fourth-order valence-electron chi connectivity index (χ4n) is 5.99. The molecule has 0 fully saturated rings. The van der Waals surface area contributed by atoms with Gasteiger partial charge in [0.15, 0.2) is 0 Å². The van der Waals surface area contributed by atoms with Gasteiger partial charge in [-0.25, -0.2) is 0 Å². The summed E-state index contributed by atoms with van der Waals surface area (Å²) in [6.07, 6.45) is 2.14. The monoisotopic (exact) mass is 541 g/mol. The van der Waals surface area contributed by atoms with E-state index < -0.39 is 0 Å². The van der Waals surface area contributed by atoms with Gasteiger partial charge in [0.1, 0.15) is 5.75 Å². The highest BCUT2D eigenvalue weighted by Gasteiger charge is 2.33. The van der Waals surface area contributed by atoms with E-state index in [2.05, 4.69) is 81.0 Å². The molecule has 0 saturated heterocycles. The molecule has 4 aromatic carbocycles. The first-order chi connectivity index (χ1) is 20.1. The molecule has 1 amide bonds. The van der Waals surface area contributed by atoms with Gasteiger partial charge in [-0.15, -0.1) is 0 Å². The molecule has 41 heavy (non-hydrogen) atoms. The van der Waals surface area contributed by atoms with Crippen LogP contribution in [0.4, 0.5) is 0 Å². The number of hydrogen-bond donors (Lipinski definition) is 5. The van der Waals surface area contributed by atoms with E-state index in [-0.39, 0.29) is 17.7 Å². The molecule has 6 N–H and O–H groups in total. The van der Waals surface area contributed by atoms with Gasteiger partial charge in [-0.3, -0.25) is 4.79 Å². The first-order valence-electron chi connectivity index (χ1n) is 13.9. The maximum absolute atomic E-state index is 12.8. The zero-order chi connectivity index (χ0) is 27.9. The molecule has 0 bridgehead atoms. The molecule has 7 rings (SSSR count). The van der Waals surface area contributed by atoms with Crippen molar-refractivity contribution in [3.63, 3.8) is 0 Å². The lowest BCUT2D eigenvalue weighted by molar-refractivity contribution is 0.0960. The molecular weight excluding hydrogens is 510 g/mol. The van der Waals surface area contributed by atoms with Crippen LogP contribution in [-0.4, -0.2) is 20.6 Å². The van der Waals surface area contributed by atoms with Gasteiger partial charge in [0.25, 0.3) is 5.91 Å². The first kappa shape index (κ1) is 25.1. The highest BCUT2D eigenvalue weighted by molar-refractivity contribution is 6.01. The summed E-state index contributed by atoms with van der Waals surface area (Å²) in [5.74, 6) is 0.0262. The lowest BCUT2D eigenvalue weighted by Crippen LogP contribution is -2.22. The van der Waals surface area contributed by atoms with E-state index in [0.29, 0.717) is 25.2 Å². The Bertz CT molecular complexity index is 1900. The van der Waals surface area contributed by atoms with Gasteiger partial charge >= 0.3 is 0 Å². The van der Waals surface area contributed by atoms with Crippen molar-refractivity contribution in [2.75, 3.05) is 0 Å². The fourth-order valence-corrected chi connectivity index (χ4v) is 5.99. The zero-order valence-corrected chi connectivity index (χ0v) is 22.5. The summed E-state index contributed by atoms with van der Waals surface area (Å²) in [6, 6.07) is 29.9. The van der Waals surface area contributed by atoms with Crippen LogP contribution in [0.15, 0.2) is 97.2 Å². The number of hydrogen-bond acceptors (Lipinski definition) is 4. The number of benzene rings is 4. The standard InChI is InChI=1S/C34H31N5O2/c35-17-21-5-7-22(8-6-21)20-39-14-13-24-10-9-23(15-31(24)39)18-36-19-30-32(27-3-1-2-4-29(27)37-30)33-28-16-25(40)11-12-26(28)34(41)38-33/h1-16,33,36-37,40H,17-20,35H2,(H,38,41). The van der Waals surface area contributed by atoms with Crippen LogP contribution in [0, 0.1) is 0 Å². The molecule has 1 aliphatic rings. The van der Waals surface area contributed by atoms with Crippen molar-refractivity contribution in [2.45, 2.75) is 32.2 Å². The Labute approximate surface area is 237 Å². The Morgan fingerprint density at radius 2 is 1.68 bits per heavy atom. The summed E-state index contributed by atoms with van der Waals surface area (Å²) < 4.78 is 2.28. The molecule has 0 aliphatic carbocycles. The Morgan fingerprint density at radius 1 is 0.878 bits per heavy atom. The van der Waals surface area contributed by atoms with Gasteiger partial charge in [0.05, 0.1) is 6.04 Å². The molecule has 0 spiro atoms. The molecule has 0 radical (unpaired) electrons. The van der Waals surface area contributed by atoms with Crippen LogP contribution >= 0.6 is 0 Å². The number of fused-ring (bicyclic) bond motifs is 3. The number of para-hydroxylation sites is 1. The topological polar surface area (TPSA) is 108 Å². The lowest BCUT2D eigenvalue weighted by atomic mass is 9.95. The van der Waals surface area contributed by atoms with Gasteiger partial charge in [-0.1, -0.05) is 54.6 Å². The molecular formula is C34H31N5O2. The van der Waals surface area contributed by atoms with Crippen molar-refractivity contribution < 1.29 is 9.90 Å². The number of nitrogens with one attached hydrogen (secondary N) is 3. The Kier molecular flexibility index (Phi) is 6.30. The maximum Gasteiger partial charge on any atom is 0.252 e. The normalized spacial score (nSPS) is 14.6. The van der Waals surface area contributed by atoms with Crippen LogP contribution in [0.2, 0.25) is 0 Å². The predicted octanol–water partition coefficient (Wildman–Crippen LogP) is 5.46. The van der Waals surface area contributed by atoms with Gasteiger partial charge in [-0.05, 0) is 64.0 Å². The van der Waals surface area contributed by atoms with Crippen molar-refractivity contribution in [1.82, 2.24) is 20.2 Å². The first-order valence-corrected chi connectivity index (χ1v) is 13.9. The number of nitrogens with two attached hydrogens (primary N) is 1. The quantitative estimate of drug-likeness (QED) is 0.176. The van der Waals surface area contributed by atoms with E-state index in [9.17, 15) is 9.90 Å². The average molecular weight is 542 g/mol. The van der Waals surface area contributed by atoms with Crippen molar-refractivity contribution in [2.24, 2.45) is 5.73 Å². The summed E-state index contributed by atoms with van der Waals surface area (Å²) in [7, 11) is 0. The van der Waals surface area contributed by atoms with Crippen LogP contribution in [0.5, 0.6) is 5.75 Å². The smallest absolute Gasteiger partial charge is 0.252 e. The molecule has 204 valence electrons. The third-order valence-corrected chi connectivity index (χ3v) is 8.06. The molecule has 6 aromatic rings. The van der Waals surface area contributed by atoms with E-state index in [1.807, 2.05) is 18.2 Å². The minimum absolute atomic E-state index is 0.124. The van der Waals surface area contributed by atoms with Crippen molar-refractivity contribution >= 4 is 27.7 Å². The van der Waals surface area contributed by atoms with E-state index in [4.69, 9.17) is 5.73 Å². The van der Waals surface area contributed by atoms with Crippen LogP contribution in [0.3, 0.4) is 0 Å². The molecule has 2 aromatic heterocycles. The number of aromatic amines is 1. The molecule has 1 unspecified atom stereocenters. The second-order valence-corrected chi connectivity index (χ2v) is 10.7. The van der Waals surface area contributed by atoms with Gasteiger partial charge in [-0.2, -0.15) is 0 Å². The highest BCUT2D eigenvalue weighted by Crippen LogP contribution is 2.38. The molecule has 7 heteroatoms. The average Bonchev–Trinajstić information content (AvgIpc) is 3.66. The van der Waals surface area contributed by atoms with Crippen molar-refractivity contribution in [1.29, 1.82) is 0 Å². The van der Waals surface area contributed by atoms with Crippen LogP contribution in [-0.2, 0) is 26.2 Å². The van der Waals surface area contributed by atoms with Crippen LogP contribution < -0.4 is 16.4 Å². The Hall–Kier alpha value is -4.85. The number of rotatable bonds is 8. The summed E-state index contributed by atoms with van der Waals surface area (Å²) >= 11 is 0. The summed E-state index contributed by atoms with van der Waals surface area (Å²) in [5, 5.41) is 19.2. The molecule has 7 nitrogen and oxygen atoms in total. The second-order valence-electron chi connectivity index (χ2n) is 10.7. The lowest BCUT2D eigenvalue weighted by Gasteiger charge is -2.15. The molecule has 3 heterocycles. The number of amides is 1. The third-order valence-electron chi connectivity index (χ3n) is 8.06. The van der Waals surface area contributed by atoms with Gasteiger partial charge < -0.3 is 31.0 Å². The van der Waals surface area contributed by atoms with E-state index >= 15 is 0 Å². The van der Waals surface area contributed by atoms with E-state index in [0.717, 1.165) is 39.8 Å². The number of aromatic nitrogens is 2. The predicted molar refractivity (Wildman–Crippen MR) is 162 cm³/mol. The molecule has 1 atom stereocenters. The highest BCUT2D eigenvalue weighted by atomic mass is 16.3. The number of carbonyl (C=O) groups is 1. The minimum atomic E-state index is -0.337. The number of aromatic hydroxyl groups is 1. The summed E-state index contributed by atoms with van der Waals surface area (Å²) in [6.45, 7) is 2.63. The Morgan fingerprint density at radius 3 is 2.54 bits per heavy atom. The number of phenolic OH excluding ortho intramolecular Hbond substituents is 1. The molecule has 0 saturated carbocycles. The SMILES string of the molecule is NCc1ccc(Cn2ccc3ccc(CNCc4[nH]c5ccccc5c4C4NC(=O)c5ccc(O)cc54)cc32)cc1. The molecule has 1 aliphatic heterocycles. The van der Waals surface area contributed by atoms with Crippen LogP contribution in [0.25, 0.3) is 21.8 Å². The van der Waals surface area contributed by atoms with Crippen LogP contribution in [0.1, 0.15) is 49.9 Å². The fraction of sp³-hybridized carbons (Fsp3) is 0.147. The van der Waals surface area contributed by atoms with Gasteiger partial charge in [0.2, 0.25) is 0 Å². The zero-order valence-electron chi connectivity index (χ0n) is 22.5. The van der Waals surface area contributed by atoms with E-state index in [1.54, 1.807) is 18.2 Å². The van der Waals surface area contributed by atoms with Crippen molar-refractivity contribution in [3.05, 3.63) is 136 Å². The summed E-state index contributed by atoms with van der Waals surface area (Å²) in [4.78, 5) is 16.3. The number of phenols is 1. The number of nitrogens with zero attached hydrogens (tertiary/aromatic N) is 1. The third kappa shape index (κ3) is 4.65. The van der Waals surface area contributed by atoms with E-state index in [1.165, 1.54) is 22.0 Å². The van der Waals surface area contributed by atoms with Crippen molar-refractivity contribution in [3.8, 4) is 5.75 Å². The second kappa shape index (κ2) is 10.3. The summed E-state index contributed by atoms with van der Waals surface area (Å²) in [5.41, 5.74) is 15.0. The largest absolute Gasteiger partial charge is 0.508 e. The van der Waals surface area contributed by atoms with Gasteiger partial charge in [0, 0.05) is 65.6 Å². The Balaban J connectivity index is 1.13. The number of carbonyl (C=O) groups excluding carboxylic acids is 1. The number of H-pyrrole nitrogens is 1. The maximum atomic E-state index is 12.8.